The quantitative estimate of drug-likeness (QED) is 0.781. The van der Waals surface area contributed by atoms with Gasteiger partial charge in [0, 0.05) is 43.0 Å². The normalized spacial score (nSPS) is 17.3. The van der Waals surface area contributed by atoms with E-state index in [-0.39, 0.29) is 11.9 Å². The number of halogens is 1. The number of nitrogens with zero attached hydrogens (tertiary/aromatic N) is 4. The number of amides is 1. The van der Waals surface area contributed by atoms with Gasteiger partial charge in [0.1, 0.15) is 11.9 Å². The van der Waals surface area contributed by atoms with Crippen LogP contribution in [0.2, 0.25) is 5.02 Å². The lowest BCUT2D eigenvalue weighted by molar-refractivity contribution is -0.128. The lowest BCUT2D eigenvalue weighted by Crippen LogP contribution is -2.54. The summed E-state index contributed by atoms with van der Waals surface area (Å²) in [5.74, 6) is 0.655. The van der Waals surface area contributed by atoms with Crippen molar-refractivity contribution in [1.82, 2.24) is 9.88 Å². The molecule has 0 bridgehead atoms. The topological polar surface area (TPSA) is 60.2 Å². The average Bonchev–Trinajstić information content (AvgIpc) is 2.66. The van der Waals surface area contributed by atoms with Gasteiger partial charge in [0.2, 0.25) is 5.91 Å². The summed E-state index contributed by atoms with van der Waals surface area (Å²) in [6.45, 7) is 3.88. The second-order valence-corrected chi connectivity index (χ2v) is 6.64. The van der Waals surface area contributed by atoms with Crippen molar-refractivity contribution in [2.24, 2.45) is 0 Å². The summed E-state index contributed by atoms with van der Waals surface area (Å²) < 4.78 is 0. The molecule has 1 aliphatic heterocycles. The molecule has 1 aromatic heterocycles. The van der Waals surface area contributed by atoms with Crippen LogP contribution in [0.15, 0.2) is 48.7 Å². The van der Waals surface area contributed by atoms with Crippen LogP contribution in [0, 0.1) is 11.3 Å². The largest absolute Gasteiger partial charge is 0.352 e. The van der Waals surface area contributed by atoms with Crippen LogP contribution < -0.4 is 4.90 Å². The van der Waals surface area contributed by atoms with E-state index < -0.39 is 0 Å². The fourth-order valence-electron chi connectivity index (χ4n) is 3.09. The number of pyridine rings is 1. The first-order valence-corrected chi connectivity index (χ1v) is 8.80. The third kappa shape index (κ3) is 4.04. The van der Waals surface area contributed by atoms with Crippen LogP contribution in [0.3, 0.4) is 0 Å². The Morgan fingerprint density at radius 2 is 2.19 bits per heavy atom. The van der Waals surface area contributed by atoms with Gasteiger partial charge in [-0.3, -0.25) is 4.79 Å². The standard InChI is InChI=1S/C20H19ClN4O/c1-15-14-24(20-17(13-22)5-3-9-23-20)10-11-25(15)19(26)8-7-16-4-2-6-18(21)12-16/h2-9,12,15H,10-11,14H2,1H3/t15-/m0/s1. The number of piperazine rings is 1. The highest BCUT2D eigenvalue weighted by Gasteiger charge is 2.27. The summed E-state index contributed by atoms with van der Waals surface area (Å²) in [5.41, 5.74) is 1.45. The predicted octanol–water partition coefficient (Wildman–Crippen LogP) is 3.36. The minimum Gasteiger partial charge on any atom is -0.352 e. The van der Waals surface area contributed by atoms with Gasteiger partial charge in [0.05, 0.1) is 5.56 Å². The van der Waals surface area contributed by atoms with E-state index >= 15 is 0 Å². The van der Waals surface area contributed by atoms with Crippen LogP contribution in [-0.4, -0.2) is 41.5 Å². The summed E-state index contributed by atoms with van der Waals surface area (Å²) in [5, 5.41) is 9.90. The molecule has 1 atom stereocenters. The molecule has 1 amide bonds. The summed E-state index contributed by atoms with van der Waals surface area (Å²) in [4.78, 5) is 20.8. The van der Waals surface area contributed by atoms with Crippen molar-refractivity contribution in [3.05, 3.63) is 64.8 Å². The van der Waals surface area contributed by atoms with Crippen LogP contribution in [0.1, 0.15) is 18.1 Å². The molecule has 1 saturated heterocycles. The Morgan fingerprint density at radius 1 is 1.35 bits per heavy atom. The molecule has 3 rings (SSSR count). The maximum atomic E-state index is 12.6. The maximum Gasteiger partial charge on any atom is 0.246 e. The fourth-order valence-corrected chi connectivity index (χ4v) is 3.29. The molecule has 5 nitrogen and oxygen atoms in total. The second-order valence-electron chi connectivity index (χ2n) is 6.20. The summed E-state index contributed by atoms with van der Waals surface area (Å²) in [6, 6.07) is 13.1. The Balaban J connectivity index is 1.67. The number of rotatable bonds is 3. The van der Waals surface area contributed by atoms with Crippen LogP contribution in [0.5, 0.6) is 0 Å². The van der Waals surface area contributed by atoms with Gasteiger partial charge in [-0.05, 0) is 42.8 Å². The zero-order valence-electron chi connectivity index (χ0n) is 14.5. The Bertz CT molecular complexity index is 874. The molecule has 0 aliphatic carbocycles. The number of carbonyl (C=O) groups excluding carboxylic acids is 1. The Kier molecular flexibility index (Phi) is 5.55. The molecule has 132 valence electrons. The van der Waals surface area contributed by atoms with Gasteiger partial charge in [-0.2, -0.15) is 5.26 Å². The first-order chi connectivity index (χ1) is 12.6. The van der Waals surface area contributed by atoms with E-state index in [9.17, 15) is 10.1 Å². The highest BCUT2D eigenvalue weighted by molar-refractivity contribution is 6.30. The van der Waals surface area contributed by atoms with Gasteiger partial charge in [0.15, 0.2) is 0 Å². The Labute approximate surface area is 158 Å². The fraction of sp³-hybridized carbons (Fsp3) is 0.250. The van der Waals surface area contributed by atoms with Crippen molar-refractivity contribution in [3.8, 4) is 6.07 Å². The van der Waals surface area contributed by atoms with Crippen molar-refractivity contribution >= 4 is 29.4 Å². The molecule has 1 aromatic carbocycles. The smallest absolute Gasteiger partial charge is 0.246 e. The van der Waals surface area contributed by atoms with Gasteiger partial charge < -0.3 is 9.80 Å². The van der Waals surface area contributed by atoms with Gasteiger partial charge in [-0.1, -0.05) is 23.7 Å². The lowest BCUT2D eigenvalue weighted by Gasteiger charge is -2.40. The van der Waals surface area contributed by atoms with Crippen molar-refractivity contribution in [2.45, 2.75) is 13.0 Å². The van der Waals surface area contributed by atoms with Gasteiger partial charge in [0.25, 0.3) is 0 Å². The van der Waals surface area contributed by atoms with E-state index in [1.807, 2.05) is 30.0 Å². The summed E-state index contributed by atoms with van der Waals surface area (Å²) >= 11 is 5.97. The lowest BCUT2D eigenvalue weighted by atomic mass is 10.1. The van der Waals surface area contributed by atoms with E-state index in [1.54, 1.807) is 36.5 Å². The van der Waals surface area contributed by atoms with Crippen molar-refractivity contribution in [2.75, 3.05) is 24.5 Å². The number of carbonyl (C=O) groups is 1. The summed E-state index contributed by atoms with van der Waals surface area (Å²) in [6.07, 6.45) is 5.05. The first-order valence-electron chi connectivity index (χ1n) is 8.43. The molecule has 1 fully saturated rings. The minimum atomic E-state index is -0.0290. The van der Waals surface area contributed by atoms with Crippen LogP contribution in [-0.2, 0) is 4.79 Å². The van der Waals surface area contributed by atoms with E-state index in [0.717, 1.165) is 5.56 Å². The van der Waals surface area contributed by atoms with Gasteiger partial charge in [-0.15, -0.1) is 0 Å². The van der Waals surface area contributed by atoms with E-state index in [2.05, 4.69) is 16.0 Å². The van der Waals surface area contributed by atoms with Crippen molar-refractivity contribution in [1.29, 1.82) is 5.26 Å². The zero-order chi connectivity index (χ0) is 18.5. The average molecular weight is 367 g/mol. The molecular formula is C20H19ClN4O. The Morgan fingerprint density at radius 3 is 2.92 bits per heavy atom. The number of benzene rings is 1. The third-order valence-corrected chi connectivity index (χ3v) is 4.62. The highest BCUT2D eigenvalue weighted by atomic mass is 35.5. The van der Waals surface area contributed by atoms with Gasteiger partial charge >= 0.3 is 0 Å². The number of anilines is 1. The van der Waals surface area contributed by atoms with E-state index in [0.29, 0.717) is 36.0 Å². The molecule has 1 aliphatic rings. The molecule has 26 heavy (non-hydrogen) atoms. The maximum absolute atomic E-state index is 12.6. The van der Waals surface area contributed by atoms with E-state index in [1.165, 1.54) is 0 Å². The molecular weight excluding hydrogens is 348 g/mol. The second kappa shape index (κ2) is 8.03. The number of hydrogen-bond donors (Lipinski definition) is 0. The SMILES string of the molecule is C[C@H]1CN(c2ncccc2C#N)CCN1C(=O)C=Cc1cccc(Cl)c1. The number of hydrogen-bond acceptors (Lipinski definition) is 4. The number of nitriles is 1. The number of aromatic nitrogens is 1. The minimum absolute atomic E-state index is 0.0220. The summed E-state index contributed by atoms with van der Waals surface area (Å²) in [7, 11) is 0. The van der Waals surface area contributed by atoms with Crippen LogP contribution in [0.4, 0.5) is 5.82 Å². The third-order valence-electron chi connectivity index (χ3n) is 4.38. The molecule has 0 saturated carbocycles. The molecule has 0 unspecified atom stereocenters. The Hall–Kier alpha value is -2.84. The molecule has 2 aromatic rings. The monoisotopic (exact) mass is 366 g/mol. The van der Waals surface area contributed by atoms with Crippen LogP contribution in [0.25, 0.3) is 6.08 Å². The molecule has 2 heterocycles. The van der Waals surface area contributed by atoms with Crippen molar-refractivity contribution < 1.29 is 4.79 Å². The molecule has 0 radical (unpaired) electrons. The molecule has 6 heteroatoms. The first kappa shape index (κ1) is 18.0. The van der Waals surface area contributed by atoms with E-state index in [4.69, 9.17) is 11.6 Å². The predicted molar refractivity (Wildman–Crippen MR) is 103 cm³/mol. The zero-order valence-corrected chi connectivity index (χ0v) is 15.2. The molecule has 0 spiro atoms. The molecule has 0 N–H and O–H groups in total. The van der Waals surface area contributed by atoms with Crippen LogP contribution >= 0.6 is 11.6 Å². The highest BCUT2D eigenvalue weighted by Crippen LogP contribution is 2.21. The van der Waals surface area contributed by atoms with Gasteiger partial charge in [-0.25, -0.2) is 4.98 Å². The van der Waals surface area contributed by atoms with Crippen molar-refractivity contribution in [3.63, 3.8) is 0 Å².